The van der Waals surface area contributed by atoms with Crippen molar-refractivity contribution in [2.24, 2.45) is 5.92 Å². The van der Waals surface area contributed by atoms with Gasteiger partial charge < -0.3 is 10.2 Å². The zero-order valence-electron chi connectivity index (χ0n) is 11.5. The van der Waals surface area contributed by atoms with E-state index in [-0.39, 0.29) is 12.1 Å². The summed E-state index contributed by atoms with van der Waals surface area (Å²) in [4.78, 5) is 14.1. The van der Waals surface area contributed by atoms with E-state index >= 15 is 0 Å². The fourth-order valence-electron chi connectivity index (χ4n) is 2.35. The van der Waals surface area contributed by atoms with Crippen molar-refractivity contribution in [2.45, 2.75) is 32.7 Å². The molecule has 1 aromatic carbocycles. The van der Waals surface area contributed by atoms with E-state index < -0.39 is 0 Å². The molecule has 0 radical (unpaired) electrons. The Bertz CT molecular complexity index is 442. The van der Waals surface area contributed by atoms with E-state index in [9.17, 15) is 4.79 Å². The van der Waals surface area contributed by atoms with Gasteiger partial charge in [-0.1, -0.05) is 30.7 Å². The van der Waals surface area contributed by atoms with E-state index in [4.69, 9.17) is 11.6 Å². The number of rotatable bonds is 2. The summed E-state index contributed by atoms with van der Waals surface area (Å²) in [5, 5.41) is 3.74. The number of hydrogen-bond donors (Lipinski definition) is 1. The summed E-state index contributed by atoms with van der Waals surface area (Å²) in [6, 6.07) is 7.62. The molecular weight excluding hydrogens is 260 g/mol. The van der Waals surface area contributed by atoms with Crippen molar-refractivity contribution in [3.8, 4) is 0 Å². The summed E-state index contributed by atoms with van der Waals surface area (Å²) in [6.07, 6.45) is 2.19. The van der Waals surface area contributed by atoms with Gasteiger partial charge in [0.2, 0.25) is 0 Å². The molecule has 1 saturated heterocycles. The third-order valence-corrected chi connectivity index (χ3v) is 3.99. The second-order valence-corrected chi connectivity index (χ2v) is 5.83. The Hall–Kier alpha value is -1.22. The molecule has 0 spiro atoms. The summed E-state index contributed by atoms with van der Waals surface area (Å²) in [7, 11) is 0. The van der Waals surface area contributed by atoms with Gasteiger partial charge in [-0.3, -0.25) is 0 Å². The highest BCUT2D eigenvalue weighted by Gasteiger charge is 2.21. The molecule has 1 unspecified atom stereocenters. The van der Waals surface area contributed by atoms with Gasteiger partial charge in [0.15, 0.2) is 0 Å². The molecule has 1 atom stereocenters. The molecule has 1 aliphatic heterocycles. The number of benzene rings is 1. The molecule has 2 amide bonds. The molecule has 1 aliphatic rings. The van der Waals surface area contributed by atoms with Crippen LogP contribution >= 0.6 is 11.6 Å². The van der Waals surface area contributed by atoms with Crippen LogP contribution in [-0.4, -0.2) is 24.0 Å². The first kappa shape index (κ1) is 14.2. The first-order chi connectivity index (χ1) is 9.06. The Morgan fingerprint density at radius 2 is 2.11 bits per heavy atom. The minimum Gasteiger partial charge on any atom is -0.331 e. The molecule has 1 heterocycles. The van der Waals surface area contributed by atoms with Crippen molar-refractivity contribution >= 4 is 17.6 Å². The zero-order valence-corrected chi connectivity index (χ0v) is 12.3. The molecule has 1 N–H and O–H groups in total. The summed E-state index contributed by atoms with van der Waals surface area (Å²) < 4.78 is 0. The number of likely N-dealkylation sites (tertiary alicyclic amines) is 1. The minimum absolute atomic E-state index is 0.0226. The second kappa shape index (κ2) is 6.29. The molecule has 0 aliphatic carbocycles. The first-order valence-electron chi connectivity index (χ1n) is 6.87. The van der Waals surface area contributed by atoms with Gasteiger partial charge in [0, 0.05) is 18.1 Å². The number of carbonyl (C=O) groups excluding carboxylic acids is 1. The van der Waals surface area contributed by atoms with E-state index in [1.807, 2.05) is 36.1 Å². The van der Waals surface area contributed by atoms with Crippen molar-refractivity contribution in [2.75, 3.05) is 13.1 Å². The summed E-state index contributed by atoms with van der Waals surface area (Å²) in [6.45, 7) is 5.94. The maximum absolute atomic E-state index is 12.2. The van der Waals surface area contributed by atoms with Crippen molar-refractivity contribution in [3.63, 3.8) is 0 Å². The largest absolute Gasteiger partial charge is 0.331 e. The lowest BCUT2D eigenvalue weighted by molar-refractivity contribution is 0.171. The van der Waals surface area contributed by atoms with Crippen LogP contribution in [0, 0.1) is 5.92 Å². The molecule has 2 rings (SSSR count). The van der Waals surface area contributed by atoms with Crippen LogP contribution in [0.3, 0.4) is 0 Å². The molecule has 0 saturated carbocycles. The van der Waals surface area contributed by atoms with Gasteiger partial charge in [-0.2, -0.15) is 0 Å². The smallest absolute Gasteiger partial charge is 0.317 e. The third-order valence-electron chi connectivity index (χ3n) is 3.76. The molecule has 0 bridgehead atoms. The zero-order chi connectivity index (χ0) is 13.8. The van der Waals surface area contributed by atoms with Crippen LogP contribution in [-0.2, 0) is 0 Å². The lowest BCUT2D eigenvalue weighted by Crippen LogP contribution is -2.44. The second-order valence-electron chi connectivity index (χ2n) is 5.40. The number of nitrogens with one attached hydrogen (secondary N) is 1. The van der Waals surface area contributed by atoms with Crippen LogP contribution in [0.15, 0.2) is 24.3 Å². The van der Waals surface area contributed by atoms with E-state index in [0.29, 0.717) is 5.02 Å². The Balaban J connectivity index is 1.91. The van der Waals surface area contributed by atoms with E-state index in [0.717, 1.165) is 37.4 Å². The first-order valence-corrected chi connectivity index (χ1v) is 7.25. The van der Waals surface area contributed by atoms with Gasteiger partial charge in [0.25, 0.3) is 0 Å². The van der Waals surface area contributed by atoms with Crippen LogP contribution in [0.2, 0.25) is 5.02 Å². The highest BCUT2D eigenvalue weighted by atomic mass is 35.5. The van der Waals surface area contributed by atoms with Gasteiger partial charge in [-0.05, 0) is 43.4 Å². The van der Waals surface area contributed by atoms with E-state index in [1.54, 1.807) is 0 Å². The van der Waals surface area contributed by atoms with Crippen LogP contribution in [0.25, 0.3) is 0 Å². The number of amides is 2. The molecule has 0 aromatic heterocycles. The van der Waals surface area contributed by atoms with Gasteiger partial charge >= 0.3 is 6.03 Å². The summed E-state index contributed by atoms with van der Waals surface area (Å²) in [5.41, 5.74) is 1.03. The fourth-order valence-corrected chi connectivity index (χ4v) is 2.55. The standard InChI is InChI=1S/C15H21ClN2O/c1-11-6-8-18(9-7-11)15(19)17-12(2)13-4-3-5-14(16)10-13/h3-5,10-12H,6-9H2,1-2H3,(H,17,19). The molecular formula is C15H21ClN2O. The van der Waals surface area contributed by atoms with E-state index in [1.165, 1.54) is 0 Å². The van der Waals surface area contributed by atoms with Gasteiger partial charge in [-0.15, -0.1) is 0 Å². The maximum Gasteiger partial charge on any atom is 0.317 e. The number of piperidine rings is 1. The fraction of sp³-hybridized carbons (Fsp3) is 0.533. The Morgan fingerprint density at radius 1 is 1.42 bits per heavy atom. The minimum atomic E-state index is -0.0226. The van der Waals surface area contributed by atoms with Gasteiger partial charge in [0.1, 0.15) is 0 Å². The number of nitrogens with zero attached hydrogens (tertiary/aromatic N) is 1. The lowest BCUT2D eigenvalue weighted by Gasteiger charge is -2.31. The van der Waals surface area contributed by atoms with Gasteiger partial charge in [-0.25, -0.2) is 4.79 Å². The molecule has 104 valence electrons. The number of urea groups is 1. The monoisotopic (exact) mass is 280 g/mol. The Labute approximate surface area is 119 Å². The molecule has 1 fully saturated rings. The molecule has 19 heavy (non-hydrogen) atoms. The topological polar surface area (TPSA) is 32.3 Å². The van der Waals surface area contributed by atoms with Crippen LogP contribution < -0.4 is 5.32 Å². The number of carbonyl (C=O) groups is 1. The third kappa shape index (κ3) is 3.87. The number of hydrogen-bond acceptors (Lipinski definition) is 1. The average Bonchev–Trinajstić information content (AvgIpc) is 2.39. The molecule has 1 aromatic rings. The van der Waals surface area contributed by atoms with Crippen LogP contribution in [0.5, 0.6) is 0 Å². The summed E-state index contributed by atoms with van der Waals surface area (Å²) in [5.74, 6) is 0.731. The van der Waals surface area contributed by atoms with Crippen molar-refractivity contribution in [1.82, 2.24) is 10.2 Å². The molecule has 3 nitrogen and oxygen atoms in total. The number of halogens is 1. The SMILES string of the molecule is CC1CCN(C(=O)NC(C)c2cccc(Cl)c2)CC1. The highest BCUT2D eigenvalue weighted by Crippen LogP contribution is 2.19. The lowest BCUT2D eigenvalue weighted by atomic mass is 9.99. The summed E-state index contributed by atoms with van der Waals surface area (Å²) >= 11 is 5.97. The molecule has 4 heteroatoms. The quantitative estimate of drug-likeness (QED) is 0.877. The van der Waals surface area contributed by atoms with Crippen LogP contribution in [0.4, 0.5) is 4.79 Å². The van der Waals surface area contributed by atoms with Crippen molar-refractivity contribution in [1.29, 1.82) is 0 Å². The van der Waals surface area contributed by atoms with Crippen molar-refractivity contribution < 1.29 is 4.79 Å². The van der Waals surface area contributed by atoms with Gasteiger partial charge in [0.05, 0.1) is 6.04 Å². The van der Waals surface area contributed by atoms with E-state index in [2.05, 4.69) is 12.2 Å². The maximum atomic E-state index is 12.2. The predicted octanol–water partition coefficient (Wildman–Crippen LogP) is 3.84. The normalized spacial score (nSPS) is 18.2. The Morgan fingerprint density at radius 3 is 2.74 bits per heavy atom. The predicted molar refractivity (Wildman–Crippen MR) is 78.4 cm³/mol. The average molecular weight is 281 g/mol. The highest BCUT2D eigenvalue weighted by molar-refractivity contribution is 6.30. The van der Waals surface area contributed by atoms with Crippen LogP contribution in [0.1, 0.15) is 38.3 Å². The van der Waals surface area contributed by atoms with Crippen molar-refractivity contribution in [3.05, 3.63) is 34.9 Å². The Kier molecular flexibility index (Phi) is 4.70.